The molecule has 1 aromatic carbocycles. The summed E-state index contributed by atoms with van der Waals surface area (Å²) in [7, 11) is 1.22. The van der Waals surface area contributed by atoms with Crippen LogP contribution in [0.4, 0.5) is 24.1 Å². The Hall–Kier alpha value is -2.97. The summed E-state index contributed by atoms with van der Waals surface area (Å²) in [6.45, 7) is 3.30. The fourth-order valence-corrected chi connectivity index (χ4v) is 2.62. The van der Waals surface area contributed by atoms with Crippen molar-refractivity contribution in [2.45, 2.75) is 5.66 Å². The molecule has 0 radical (unpaired) electrons. The Morgan fingerprint density at radius 1 is 1.27 bits per heavy atom. The predicted molar refractivity (Wildman–Crippen MR) is 71.6 cm³/mol. The van der Waals surface area contributed by atoms with Gasteiger partial charge in [0.15, 0.2) is 5.82 Å². The molecule has 3 rings (SSSR count). The maximum Gasteiger partial charge on any atom is 0.324 e. The number of fused-ring (bicyclic) bond motifs is 2. The first-order chi connectivity index (χ1) is 10.3. The average molecular weight is 308 g/mol. The molecular formula is C13H10F2N4O3. The molecule has 1 aromatic rings. The van der Waals surface area contributed by atoms with Gasteiger partial charge in [0.25, 0.3) is 5.91 Å². The van der Waals surface area contributed by atoms with E-state index in [9.17, 15) is 23.2 Å². The summed E-state index contributed by atoms with van der Waals surface area (Å²) >= 11 is 0. The molecule has 1 fully saturated rings. The third-order valence-corrected chi connectivity index (χ3v) is 3.74. The highest BCUT2D eigenvalue weighted by atomic mass is 19.1. The molecule has 1 atom stereocenters. The van der Waals surface area contributed by atoms with E-state index in [0.29, 0.717) is 0 Å². The second-order valence-electron chi connectivity index (χ2n) is 4.82. The summed E-state index contributed by atoms with van der Waals surface area (Å²) in [5, 5.41) is 6.45. The van der Waals surface area contributed by atoms with Crippen LogP contribution >= 0.6 is 0 Å². The molecule has 7 nitrogen and oxygen atoms in total. The van der Waals surface area contributed by atoms with E-state index in [4.69, 9.17) is 0 Å². The van der Waals surface area contributed by atoms with Gasteiger partial charge in [0.1, 0.15) is 5.82 Å². The van der Waals surface area contributed by atoms with Crippen molar-refractivity contribution in [2.24, 2.45) is 0 Å². The number of urea groups is 2. The molecule has 5 amide bonds. The van der Waals surface area contributed by atoms with Crippen molar-refractivity contribution in [1.29, 1.82) is 0 Å². The lowest BCUT2D eigenvalue weighted by molar-refractivity contribution is -0.129. The average Bonchev–Trinajstić information content (AvgIpc) is 2.75. The summed E-state index contributed by atoms with van der Waals surface area (Å²) in [6, 6.07) is -0.812. The maximum atomic E-state index is 14.4. The molecule has 114 valence electrons. The van der Waals surface area contributed by atoms with Gasteiger partial charge in [0.2, 0.25) is 5.66 Å². The highest BCUT2D eigenvalue weighted by molar-refractivity contribution is 6.12. The SMILES string of the molecule is C=Cc1c(F)cc2c(c1F)NC(=O)N(C)[C@]21NC(=O)NC1=O. The third-order valence-electron chi connectivity index (χ3n) is 3.74. The number of benzene rings is 1. The fraction of sp³-hybridized carbons (Fsp3) is 0.154. The summed E-state index contributed by atoms with van der Waals surface area (Å²) in [4.78, 5) is 36.5. The largest absolute Gasteiger partial charge is 0.324 e. The van der Waals surface area contributed by atoms with Crippen LogP contribution in [0.2, 0.25) is 0 Å². The topological polar surface area (TPSA) is 90.5 Å². The molecule has 0 aliphatic carbocycles. The summed E-state index contributed by atoms with van der Waals surface area (Å²) in [5.41, 5.74) is -3.03. The Morgan fingerprint density at radius 3 is 2.50 bits per heavy atom. The summed E-state index contributed by atoms with van der Waals surface area (Å²) in [6.07, 6.45) is 0.954. The number of halogens is 2. The quantitative estimate of drug-likeness (QED) is 0.678. The molecule has 1 spiro atoms. The molecule has 3 N–H and O–H groups in total. The van der Waals surface area contributed by atoms with Crippen LogP contribution in [0, 0.1) is 11.6 Å². The number of imide groups is 1. The van der Waals surface area contributed by atoms with Crippen molar-refractivity contribution in [3.8, 4) is 0 Å². The Bertz CT molecular complexity index is 764. The molecule has 2 aliphatic rings. The van der Waals surface area contributed by atoms with E-state index in [1.165, 1.54) is 7.05 Å². The van der Waals surface area contributed by atoms with Gasteiger partial charge in [-0.3, -0.25) is 15.0 Å². The number of carbonyl (C=O) groups is 3. The minimum absolute atomic E-state index is 0.210. The van der Waals surface area contributed by atoms with Crippen LogP contribution in [0.5, 0.6) is 0 Å². The number of rotatable bonds is 1. The second-order valence-corrected chi connectivity index (χ2v) is 4.82. The first-order valence-electron chi connectivity index (χ1n) is 6.16. The zero-order valence-electron chi connectivity index (χ0n) is 11.3. The Kier molecular flexibility index (Phi) is 2.71. The Morgan fingerprint density at radius 2 is 1.95 bits per heavy atom. The van der Waals surface area contributed by atoms with E-state index in [1.54, 1.807) is 0 Å². The molecule has 0 bridgehead atoms. The number of hydrogen-bond acceptors (Lipinski definition) is 3. The summed E-state index contributed by atoms with van der Waals surface area (Å²) in [5.74, 6) is -2.94. The number of anilines is 1. The van der Waals surface area contributed by atoms with Gasteiger partial charge in [0.05, 0.1) is 5.69 Å². The lowest BCUT2D eigenvalue weighted by Crippen LogP contribution is -2.62. The fourth-order valence-electron chi connectivity index (χ4n) is 2.62. The van der Waals surface area contributed by atoms with Gasteiger partial charge in [-0.05, 0) is 6.07 Å². The minimum atomic E-state index is -2.00. The first kappa shape index (κ1) is 14.0. The molecule has 2 heterocycles. The van der Waals surface area contributed by atoms with Crippen molar-refractivity contribution in [3.05, 3.63) is 35.4 Å². The minimum Gasteiger partial charge on any atom is -0.305 e. The Labute approximate surface area is 123 Å². The van der Waals surface area contributed by atoms with Gasteiger partial charge in [-0.25, -0.2) is 18.4 Å². The van der Waals surface area contributed by atoms with Gasteiger partial charge < -0.3 is 10.6 Å². The number of nitrogens with zero attached hydrogens (tertiary/aromatic N) is 1. The van der Waals surface area contributed by atoms with E-state index >= 15 is 0 Å². The number of nitrogens with one attached hydrogen (secondary N) is 3. The molecular weight excluding hydrogens is 298 g/mol. The van der Waals surface area contributed by atoms with Crippen molar-refractivity contribution >= 4 is 29.7 Å². The second kappa shape index (κ2) is 4.26. The Balaban J connectivity index is 2.37. The number of hydrogen-bond donors (Lipinski definition) is 3. The monoisotopic (exact) mass is 308 g/mol. The zero-order chi connectivity index (χ0) is 16.2. The van der Waals surface area contributed by atoms with Crippen LogP contribution in [0.3, 0.4) is 0 Å². The van der Waals surface area contributed by atoms with Crippen molar-refractivity contribution in [2.75, 3.05) is 12.4 Å². The highest BCUT2D eigenvalue weighted by Gasteiger charge is 2.57. The van der Waals surface area contributed by atoms with Gasteiger partial charge >= 0.3 is 12.1 Å². The number of likely N-dealkylation sites (N-methyl/N-ethyl adjacent to an activating group) is 1. The first-order valence-corrected chi connectivity index (χ1v) is 6.16. The maximum absolute atomic E-state index is 14.4. The van der Waals surface area contributed by atoms with Gasteiger partial charge in [0, 0.05) is 18.2 Å². The molecule has 0 saturated carbocycles. The van der Waals surface area contributed by atoms with Crippen molar-refractivity contribution in [3.63, 3.8) is 0 Å². The van der Waals surface area contributed by atoms with Gasteiger partial charge in [-0.1, -0.05) is 12.7 Å². The lowest BCUT2D eigenvalue weighted by Gasteiger charge is -2.41. The molecule has 1 saturated heterocycles. The molecule has 0 unspecified atom stereocenters. The van der Waals surface area contributed by atoms with Crippen LogP contribution < -0.4 is 16.0 Å². The third kappa shape index (κ3) is 1.50. The lowest BCUT2D eigenvalue weighted by atomic mass is 9.91. The van der Waals surface area contributed by atoms with E-state index < -0.39 is 40.8 Å². The van der Waals surface area contributed by atoms with Gasteiger partial charge in [-0.15, -0.1) is 0 Å². The van der Waals surface area contributed by atoms with Crippen LogP contribution in [0.1, 0.15) is 11.1 Å². The molecule has 9 heteroatoms. The summed E-state index contributed by atoms with van der Waals surface area (Å²) < 4.78 is 28.4. The van der Waals surface area contributed by atoms with E-state index in [1.807, 2.05) is 5.32 Å². The van der Waals surface area contributed by atoms with Crippen LogP contribution in [0.25, 0.3) is 6.08 Å². The van der Waals surface area contributed by atoms with Crippen LogP contribution in [-0.4, -0.2) is 29.9 Å². The number of carbonyl (C=O) groups excluding carboxylic acids is 3. The van der Waals surface area contributed by atoms with E-state index in [-0.39, 0.29) is 11.3 Å². The van der Waals surface area contributed by atoms with E-state index in [2.05, 4.69) is 17.2 Å². The smallest absolute Gasteiger partial charge is 0.305 e. The van der Waals surface area contributed by atoms with Gasteiger partial charge in [-0.2, -0.15) is 0 Å². The highest BCUT2D eigenvalue weighted by Crippen LogP contribution is 2.40. The zero-order valence-corrected chi connectivity index (χ0v) is 11.3. The van der Waals surface area contributed by atoms with E-state index in [0.717, 1.165) is 17.0 Å². The predicted octanol–water partition coefficient (Wildman–Crippen LogP) is 1.08. The van der Waals surface area contributed by atoms with Crippen LogP contribution in [0.15, 0.2) is 12.6 Å². The van der Waals surface area contributed by atoms with Crippen LogP contribution in [-0.2, 0) is 10.5 Å². The normalized spacial score (nSPS) is 23.0. The number of amides is 5. The molecule has 0 aromatic heterocycles. The molecule has 2 aliphatic heterocycles. The standard InChI is InChI=1S/C13H10F2N4O3/c1-3-5-7(14)4-6-9(8(5)15)16-12(22)19(2)13(6)10(20)17-11(21)18-13/h3-4H,1H2,2H3,(H,16,22)(H2,17,18,20,21)/t13-/m1/s1. The van der Waals surface area contributed by atoms with Crippen molar-refractivity contribution in [1.82, 2.24) is 15.5 Å². The molecule has 22 heavy (non-hydrogen) atoms. The van der Waals surface area contributed by atoms with Crippen molar-refractivity contribution < 1.29 is 23.2 Å².